The lowest BCUT2D eigenvalue weighted by molar-refractivity contribution is 0.0553. The van der Waals surface area contributed by atoms with E-state index >= 15 is 0 Å². The molecular weight excluding hydrogens is 515 g/mol. The third-order valence-electron chi connectivity index (χ3n) is 6.13. The highest BCUT2D eigenvalue weighted by atomic mass is 35.5. The first-order chi connectivity index (χ1) is 14.4. The van der Waals surface area contributed by atoms with Crippen LogP contribution in [0.25, 0.3) is 5.78 Å². The smallest absolute Gasteiger partial charge is 0.280 e. The maximum atomic E-state index is 13.5. The number of fused-ring (bicyclic) bond motifs is 3. The number of hydrogen-bond acceptors (Lipinski definition) is 4. The van der Waals surface area contributed by atoms with Crippen molar-refractivity contribution in [2.75, 3.05) is 0 Å². The fraction of sp³-hybridized carbons (Fsp3) is 0.400. The summed E-state index contributed by atoms with van der Waals surface area (Å²) in [7, 11) is 0. The Hall–Kier alpha value is -1.63. The van der Waals surface area contributed by atoms with E-state index in [0.717, 1.165) is 25.7 Å². The summed E-state index contributed by atoms with van der Waals surface area (Å²) in [6, 6.07) is 5.18. The third kappa shape index (κ3) is 4.80. The quantitative estimate of drug-likeness (QED) is 0.484. The minimum atomic E-state index is -2.73. The van der Waals surface area contributed by atoms with Crippen LogP contribution < -0.4 is 0 Å². The van der Waals surface area contributed by atoms with Crippen molar-refractivity contribution in [3.63, 3.8) is 0 Å². The van der Waals surface area contributed by atoms with Gasteiger partial charge in [0, 0.05) is 23.6 Å². The predicted octanol–water partition coefficient (Wildman–Crippen LogP) is 4.74. The number of aromatic nitrogens is 4. The fourth-order valence-corrected chi connectivity index (χ4v) is 5.01. The first-order valence-corrected chi connectivity index (χ1v) is 10.1. The van der Waals surface area contributed by atoms with E-state index in [0.29, 0.717) is 11.3 Å². The van der Waals surface area contributed by atoms with E-state index in [1.807, 2.05) is 4.90 Å². The molecule has 0 aliphatic carbocycles. The molecule has 1 amide bonds. The molecule has 2 aromatic heterocycles. The van der Waals surface area contributed by atoms with E-state index in [-0.39, 0.29) is 80.9 Å². The van der Waals surface area contributed by atoms with Crippen LogP contribution in [0.5, 0.6) is 0 Å². The lowest BCUT2D eigenvalue weighted by atomic mass is 9.86. The molecule has 33 heavy (non-hydrogen) atoms. The zero-order valence-electron chi connectivity index (χ0n) is 17.2. The van der Waals surface area contributed by atoms with E-state index < -0.39 is 12.2 Å². The van der Waals surface area contributed by atoms with Gasteiger partial charge in [0.25, 0.3) is 18.1 Å². The Bertz CT molecular complexity index is 1150. The van der Waals surface area contributed by atoms with Crippen molar-refractivity contribution in [1.29, 1.82) is 0 Å². The number of hydrogen-bond donors (Lipinski definition) is 0. The van der Waals surface area contributed by atoms with Crippen LogP contribution in [0.2, 0.25) is 5.02 Å². The zero-order chi connectivity index (χ0) is 21.0. The first kappa shape index (κ1) is 27.6. The molecule has 0 radical (unpaired) electrons. The Kier molecular flexibility index (Phi) is 8.99. The van der Waals surface area contributed by atoms with Gasteiger partial charge in [-0.15, -0.1) is 0 Å². The number of amides is 1. The van der Waals surface area contributed by atoms with E-state index in [1.165, 1.54) is 35.1 Å². The maximum Gasteiger partial charge on any atom is 0.280 e. The van der Waals surface area contributed by atoms with Crippen molar-refractivity contribution in [1.82, 2.24) is 24.5 Å². The van der Waals surface area contributed by atoms with Gasteiger partial charge in [0.05, 0.1) is 10.7 Å². The lowest BCUT2D eigenvalue weighted by Gasteiger charge is -2.40. The number of alkyl halides is 2. The van der Waals surface area contributed by atoms with Crippen LogP contribution in [-0.4, -0.2) is 42.5 Å². The van der Waals surface area contributed by atoms with Gasteiger partial charge in [-0.2, -0.15) is 50.6 Å². The highest BCUT2D eigenvalue weighted by molar-refractivity contribution is 7.59. The van der Waals surface area contributed by atoms with Gasteiger partial charge in [0.2, 0.25) is 0 Å². The summed E-state index contributed by atoms with van der Waals surface area (Å²) in [6.07, 6.45) is 1.61. The standard InChI is InChI=1S/C20H17ClF3N5O.3H2S/c21-13-7-10(1-5-14(13)22)19(30)28-11-2-4-12(16(28)6-3-11)17-8-15(18(23)24)27-20-25-9-26-29(17)20;;;/h1,5,7-9,11-12,16,18H,2-4,6H2;3*1H2/t11-,12-,16-;;;/m0.../s1. The Balaban J connectivity index is 0.00000128. The molecule has 5 rings (SSSR count). The maximum absolute atomic E-state index is 13.5. The highest BCUT2D eigenvalue weighted by Gasteiger charge is 2.46. The molecule has 3 atom stereocenters. The highest BCUT2D eigenvalue weighted by Crippen LogP contribution is 2.45. The number of rotatable bonds is 3. The molecule has 4 heterocycles. The Labute approximate surface area is 214 Å². The van der Waals surface area contributed by atoms with Crippen molar-refractivity contribution < 1.29 is 18.0 Å². The van der Waals surface area contributed by atoms with Crippen LogP contribution in [0.15, 0.2) is 30.6 Å². The van der Waals surface area contributed by atoms with E-state index in [9.17, 15) is 18.0 Å². The molecule has 2 aliphatic rings. The van der Waals surface area contributed by atoms with Gasteiger partial charge in [-0.1, -0.05) is 11.6 Å². The van der Waals surface area contributed by atoms with E-state index in [1.54, 1.807) is 0 Å². The SMILES string of the molecule is O=C(c1ccc(F)c(Cl)c1)N1[C@H]2CC[C@H](c3cc(C(F)F)nc4ncnn34)[C@@H]1CC2.S.S.S. The number of carbonyl (C=O) groups is 1. The second kappa shape index (κ2) is 10.7. The Morgan fingerprint density at radius 2 is 1.82 bits per heavy atom. The Morgan fingerprint density at radius 1 is 1.09 bits per heavy atom. The van der Waals surface area contributed by atoms with Crippen LogP contribution in [-0.2, 0) is 0 Å². The van der Waals surface area contributed by atoms with Crippen molar-refractivity contribution in [2.45, 2.75) is 50.1 Å². The summed E-state index contributed by atoms with van der Waals surface area (Å²) in [5, 5.41) is 4.05. The molecule has 180 valence electrons. The third-order valence-corrected chi connectivity index (χ3v) is 6.42. The summed E-state index contributed by atoms with van der Waals surface area (Å²) in [6.45, 7) is 0. The summed E-state index contributed by atoms with van der Waals surface area (Å²) >= 11 is 5.87. The van der Waals surface area contributed by atoms with E-state index in [4.69, 9.17) is 11.6 Å². The molecule has 2 saturated heterocycles. The second-order valence-electron chi connectivity index (χ2n) is 7.70. The lowest BCUT2D eigenvalue weighted by Crippen LogP contribution is -2.47. The summed E-state index contributed by atoms with van der Waals surface area (Å²) in [5.74, 6) is -0.885. The normalized spacial score (nSPS) is 21.4. The molecular formula is C20H23ClF3N5OS3. The van der Waals surface area contributed by atoms with Gasteiger partial charge in [-0.3, -0.25) is 4.79 Å². The Morgan fingerprint density at radius 3 is 2.52 bits per heavy atom. The van der Waals surface area contributed by atoms with Crippen molar-refractivity contribution in [3.05, 3.63) is 58.4 Å². The molecule has 1 aromatic carbocycles. The van der Waals surface area contributed by atoms with Crippen LogP contribution in [0.1, 0.15) is 59.8 Å². The average Bonchev–Trinajstić information content (AvgIpc) is 3.32. The molecule has 0 saturated carbocycles. The van der Waals surface area contributed by atoms with Crippen LogP contribution in [0.4, 0.5) is 13.2 Å². The van der Waals surface area contributed by atoms with Crippen LogP contribution >= 0.6 is 52.1 Å². The van der Waals surface area contributed by atoms with Gasteiger partial charge >= 0.3 is 0 Å². The van der Waals surface area contributed by atoms with Crippen LogP contribution in [0.3, 0.4) is 0 Å². The zero-order valence-corrected chi connectivity index (χ0v) is 20.9. The average molecular weight is 538 g/mol. The van der Waals surface area contributed by atoms with Crippen molar-refractivity contribution in [3.8, 4) is 0 Å². The molecule has 3 aromatic rings. The number of piperidine rings is 1. The number of benzene rings is 1. The molecule has 13 heteroatoms. The van der Waals surface area contributed by atoms with Gasteiger partial charge in [0.1, 0.15) is 17.8 Å². The van der Waals surface area contributed by atoms with Gasteiger partial charge < -0.3 is 4.90 Å². The second-order valence-corrected chi connectivity index (χ2v) is 8.11. The molecule has 2 aliphatic heterocycles. The molecule has 2 bridgehead atoms. The predicted molar refractivity (Wildman–Crippen MR) is 133 cm³/mol. The monoisotopic (exact) mass is 537 g/mol. The van der Waals surface area contributed by atoms with Crippen molar-refractivity contribution >= 4 is 63.8 Å². The van der Waals surface area contributed by atoms with Crippen LogP contribution in [0, 0.1) is 5.82 Å². The molecule has 0 unspecified atom stereocenters. The first-order valence-electron chi connectivity index (χ1n) is 9.70. The summed E-state index contributed by atoms with van der Waals surface area (Å²) in [4.78, 5) is 22.9. The minimum absolute atomic E-state index is 0. The topological polar surface area (TPSA) is 63.4 Å². The summed E-state index contributed by atoms with van der Waals surface area (Å²) < 4.78 is 41.8. The molecule has 2 fully saturated rings. The number of nitrogens with zero attached hydrogens (tertiary/aromatic N) is 5. The molecule has 0 spiro atoms. The fourth-order valence-electron chi connectivity index (χ4n) is 4.82. The number of carbonyl (C=O) groups excluding carboxylic acids is 1. The van der Waals surface area contributed by atoms with E-state index in [2.05, 4.69) is 15.1 Å². The van der Waals surface area contributed by atoms with Crippen molar-refractivity contribution in [2.24, 2.45) is 0 Å². The largest absolute Gasteiger partial charge is 0.332 e. The van der Waals surface area contributed by atoms with Gasteiger partial charge in [0.15, 0.2) is 0 Å². The molecule has 0 N–H and O–H groups in total. The summed E-state index contributed by atoms with van der Waals surface area (Å²) in [5.41, 5.74) is 0.537. The molecule has 6 nitrogen and oxygen atoms in total. The van der Waals surface area contributed by atoms with Gasteiger partial charge in [-0.25, -0.2) is 22.7 Å². The number of halogens is 4. The van der Waals surface area contributed by atoms with Gasteiger partial charge in [-0.05, 0) is 49.9 Å². The minimum Gasteiger partial charge on any atom is -0.332 e.